The Balaban J connectivity index is 1.70. The van der Waals surface area contributed by atoms with Crippen LogP contribution >= 0.6 is 11.8 Å². The number of fused-ring (bicyclic) bond motifs is 1. The number of aromatic amines is 1. The van der Waals surface area contributed by atoms with Crippen molar-refractivity contribution in [2.45, 2.75) is 25.4 Å². The lowest BCUT2D eigenvalue weighted by atomic mass is 10.1. The largest absolute Gasteiger partial charge is 0.340 e. The molecule has 0 saturated carbocycles. The highest BCUT2D eigenvalue weighted by Crippen LogP contribution is 2.21. The quantitative estimate of drug-likeness (QED) is 0.535. The van der Waals surface area contributed by atoms with E-state index in [2.05, 4.69) is 20.6 Å². The van der Waals surface area contributed by atoms with Crippen molar-refractivity contribution in [3.05, 3.63) is 65.5 Å². The maximum absolute atomic E-state index is 13.4. The highest BCUT2D eigenvalue weighted by atomic mass is 32.2. The van der Waals surface area contributed by atoms with Crippen molar-refractivity contribution in [3.63, 3.8) is 0 Å². The number of carbonyl (C=O) groups is 1. The first-order chi connectivity index (χ1) is 13.5. The molecule has 0 saturated heterocycles. The summed E-state index contributed by atoms with van der Waals surface area (Å²) in [7, 11) is 0. The van der Waals surface area contributed by atoms with Crippen LogP contribution in [-0.4, -0.2) is 28.0 Å². The lowest BCUT2D eigenvalue weighted by Crippen LogP contribution is -2.39. The standard InChI is InChI=1S/C20H22F2N4OS/c1-12(13-7-8-14(21)15(22)11-13)23-20(27)26-18(9-10-28-2)19-24-16-5-3-4-6-17(16)25-19/h3-8,11-12,18H,9-10H2,1-2H3,(H,24,25)(H2,23,26,27)/t12-,18+/m1/s1. The maximum atomic E-state index is 13.4. The number of aromatic nitrogens is 2. The van der Waals surface area contributed by atoms with Crippen molar-refractivity contribution in [2.75, 3.05) is 12.0 Å². The van der Waals surface area contributed by atoms with Crippen molar-refractivity contribution in [3.8, 4) is 0 Å². The van der Waals surface area contributed by atoms with Gasteiger partial charge in [0.15, 0.2) is 11.6 Å². The number of hydrogen-bond donors (Lipinski definition) is 3. The molecule has 0 spiro atoms. The summed E-state index contributed by atoms with van der Waals surface area (Å²) in [6.45, 7) is 1.71. The second-order valence-corrected chi connectivity index (χ2v) is 7.47. The number of urea groups is 1. The molecule has 2 aromatic carbocycles. The Morgan fingerprint density at radius 2 is 1.96 bits per heavy atom. The number of hydrogen-bond acceptors (Lipinski definition) is 3. The normalized spacial score (nSPS) is 13.3. The second-order valence-electron chi connectivity index (χ2n) is 6.49. The van der Waals surface area contributed by atoms with E-state index in [-0.39, 0.29) is 6.04 Å². The molecule has 0 fully saturated rings. The Labute approximate surface area is 166 Å². The molecule has 0 radical (unpaired) electrons. The zero-order chi connectivity index (χ0) is 20.1. The summed E-state index contributed by atoms with van der Waals surface area (Å²) in [5, 5.41) is 5.70. The van der Waals surface area contributed by atoms with E-state index in [9.17, 15) is 13.6 Å². The van der Waals surface area contributed by atoms with Gasteiger partial charge in [0, 0.05) is 0 Å². The molecule has 2 atom stereocenters. The molecular formula is C20H22F2N4OS. The van der Waals surface area contributed by atoms with Crippen molar-refractivity contribution < 1.29 is 13.6 Å². The fourth-order valence-corrected chi connectivity index (χ4v) is 3.38. The zero-order valence-electron chi connectivity index (χ0n) is 15.6. The Kier molecular flexibility index (Phi) is 6.51. The number of rotatable bonds is 7. The Morgan fingerprint density at radius 3 is 2.68 bits per heavy atom. The van der Waals surface area contributed by atoms with E-state index in [1.807, 2.05) is 30.5 Å². The minimum Gasteiger partial charge on any atom is -0.340 e. The average molecular weight is 404 g/mol. The van der Waals surface area contributed by atoms with Gasteiger partial charge in [-0.1, -0.05) is 18.2 Å². The Hall–Kier alpha value is -2.61. The first kappa shape index (κ1) is 20.1. The van der Waals surface area contributed by atoms with Crippen LogP contribution < -0.4 is 10.6 Å². The highest BCUT2D eigenvalue weighted by molar-refractivity contribution is 7.98. The first-order valence-corrected chi connectivity index (χ1v) is 10.3. The lowest BCUT2D eigenvalue weighted by molar-refractivity contribution is 0.233. The van der Waals surface area contributed by atoms with Gasteiger partial charge in [-0.05, 0) is 55.2 Å². The molecule has 3 N–H and O–H groups in total. The average Bonchev–Trinajstić information content (AvgIpc) is 3.11. The molecule has 5 nitrogen and oxygen atoms in total. The number of nitrogens with zero attached hydrogens (tertiary/aromatic N) is 1. The number of carbonyl (C=O) groups excluding carboxylic acids is 1. The van der Waals surface area contributed by atoms with Gasteiger partial charge in [0.2, 0.25) is 0 Å². The lowest BCUT2D eigenvalue weighted by Gasteiger charge is -2.20. The summed E-state index contributed by atoms with van der Waals surface area (Å²) < 4.78 is 26.5. The number of imidazole rings is 1. The minimum absolute atomic E-state index is 0.294. The first-order valence-electron chi connectivity index (χ1n) is 8.93. The monoisotopic (exact) mass is 404 g/mol. The molecule has 1 heterocycles. The smallest absolute Gasteiger partial charge is 0.315 e. The summed E-state index contributed by atoms with van der Waals surface area (Å²) in [5.41, 5.74) is 2.23. The molecule has 0 aliphatic rings. The molecule has 8 heteroatoms. The molecule has 3 aromatic rings. The van der Waals surface area contributed by atoms with Crippen LogP contribution in [0.5, 0.6) is 0 Å². The summed E-state index contributed by atoms with van der Waals surface area (Å²) in [5.74, 6) is -0.319. The van der Waals surface area contributed by atoms with Gasteiger partial charge in [-0.2, -0.15) is 11.8 Å². The molecule has 148 valence electrons. The number of benzene rings is 2. The molecule has 0 aliphatic carbocycles. The molecule has 1 aromatic heterocycles. The number of halogens is 2. The van der Waals surface area contributed by atoms with Gasteiger partial charge in [-0.15, -0.1) is 0 Å². The molecule has 0 unspecified atom stereocenters. The predicted octanol–water partition coefficient (Wildman–Crippen LogP) is 4.70. The number of thioether (sulfide) groups is 1. The maximum Gasteiger partial charge on any atom is 0.315 e. The third kappa shape index (κ3) is 4.81. The van der Waals surface area contributed by atoms with E-state index in [1.165, 1.54) is 6.07 Å². The molecule has 0 bridgehead atoms. The molecular weight excluding hydrogens is 382 g/mol. The number of H-pyrrole nitrogens is 1. The summed E-state index contributed by atoms with van der Waals surface area (Å²) in [6, 6.07) is 10.1. The number of para-hydroxylation sites is 2. The van der Waals surface area contributed by atoms with E-state index in [0.29, 0.717) is 17.8 Å². The summed E-state index contributed by atoms with van der Waals surface area (Å²) in [6.07, 6.45) is 2.70. The van der Waals surface area contributed by atoms with E-state index in [0.717, 1.165) is 28.9 Å². The fraction of sp³-hybridized carbons (Fsp3) is 0.300. The topological polar surface area (TPSA) is 69.8 Å². The molecule has 0 aliphatic heterocycles. The van der Waals surface area contributed by atoms with Gasteiger partial charge in [0.05, 0.1) is 23.1 Å². The predicted molar refractivity (Wildman–Crippen MR) is 108 cm³/mol. The number of amides is 2. The zero-order valence-corrected chi connectivity index (χ0v) is 16.4. The molecule has 28 heavy (non-hydrogen) atoms. The van der Waals surface area contributed by atoms with E-state index >= 15 is 0 Å². The number of nitrogens with one attached hydrogen (secondary N) is 3. The second kappa shape index (κ2) is 9.05. The van der Waals surface area contributed by atoms with Crippen LogP contribution in [-0.2, 0) is 0 Å². The van der Waals surface area contributed by atoms with Gasteiger partial charge >= 0.3 is 6.03 Å². The third-order valence-electron chi connectivity index (χ3n) is 4.44. The van der Waals surface area contributed by atoms with Crippen LogP contribution in [0.2, 0.25) is 0 Å². The molecule has 2 amide bonds. The van der Waals surface area contributed by atoms with Gasteiger partial charge in [0.25, 0.3) is 0 Å². The van der Waals surface area contributed by atoms with Crippen LogP contribution in [0.3, 0.4) is 0 Å². The van der Waals surface area contributed by atoms with Crippen molar-refractivity contribution >= 4 is 28.8 Å². The third-order valence-corrected chi connectivity index (χ3v) is 5.09. The van der Waals surface area contributed by atoms with Crippen LogP contribution in [0.4, 0.5) is 13.6 Å². The van der Waals surface area contributed by atoms with Crippen molar-refractivity contribution in [1.29, 1.82) is 0 Å². The van der Waals surface area contributed by atoms with Crippen LogP contribution in [0.1, 0.15) is 36.8 Å². The van der Waals surface area contributed by atoms with Crippen LogP contribution in [0.25, 0.3) is 11.0 Å². The van der Waals surface area contributed by atoms with Gasteiger partial charge in [-0.25, -0.2) is 18.6 Å². The van der Waals surface area contributed by atoms with Gasteiger partial charge in [0.1, 0.15) is 5.82 Å². The van der Waals surface area contributed by atoms with Crippen molar-refractivity contribution in [1.82, 2.24) is 20.6 Å². The Morgan fingerprint density at radius 1 is 1.18 bits per heavy atom. The van der Waals surface area contributed by atoms with Crippen LogP contribution in [0.15, 0.2) is 42.5 Å². The van der Waals surface area contributed by atoms with E-state index < -0.39 is 23.7 Å². The highest BCUT2D eigenvalue weighted by Gasteiger charge is 2.20. The Bertz CT molecular complexity index is 929. The minimum atomic E-state index is -0.938. The van der Waals surface area contributed by atoms with Crippen LogP contribution in [0, 0.1) is 11.6 Å². The van der Waals surface area contributed by atoms with Crippen molar-refractivity contribution in [2.24, 2.45) is 0 Å². The van der Waals surface area contributed by atoms with Gasteiger partial charge < -0.3 is 15.6 Å². The molecule has 3 rings (SSSR count). The summed E-state index contributed by atoms with van der Waals surface area (Å²) in [4.78, 5) is 20.3. The fourth-order valence-electron chi connectivity index (χ4n) is 2.91. The van der Waals surface area contributed by atoms with Gasteiger partial charge in [-0.3, -0.25) is 0 Å². The SMILES string of the molecule is CSCC[C@H](NC(=O)N[C@H](C)c1ccc(F)c(F)c1)c1nc2ccccc2[nH]1. The summed E-state index contributed by atoms with van der Waals surface area (Å²) >= 11 is 1.68. The van der Waals surface area contributed by atoms with E-state index in [1.54, 1.807) is 18.7 Å². The van der Waals surface area contributed by atoms with E-state index in [4.69, 9.17) is 0 Å².